The molecule has 14 heavy (non-hydrogen) atoms. The van der Waals surface area contributed by atoms with Crippen molar-refractivity contribution in [3.05, 3.63) is 34.7 Å². The van der Waals surface area contributed by atoms with Crippen LogP contribution in [0.1, 0.15) is 25.3 Å². The SMILES string of the molecule is CC(C)c1c[nH]c2cc(F)c(Cl)cc12. The fraction of sp³-hybridized carbons (Fsp3) is 0.273. The molecule has 0 radical (unpaired) electrons. The third-order valence-electron chi connectivity index (χ3n) is 2.38. The van der Waals surface area contributed by atoms with Crippen molar-refractivity contribution in [3.63, 3.8) is 0 Å². The number of hydrogen-bond acceptors (Lipinski definition) is 0. The molecule has 0 aliphatic rings. The number of H-pyrrole nitrogens is 1. The standard InChI is InChI=1S/C11H11ClFN/c1-6(2)8-5-14-11-4-10(13)9(12)3-7(8)11/h3-6,14H,1-2H3. The van der Waals surface area contributed by atoms with E-state index in [4.69, 9.17) is 11.6 Å². The zero-order valence-corrected chi connectivity index (χ0v) is 8.82. The molecule has 0 amide bonds. The van der Waals surface area contributed by atoms with Crippen molar-refractivity contribution in [1.82, 2.24) is 4.98 Å². The Morgan fingerprint density at radius 1 is 1.36 bits per heavy atom. The summed E-state index contributed by atoms with van der Waals surface area (Å²) in [6.45, 7) is 4.19. The summed E-state index contributed by atoms with van der Waals surface area (Å²) in [6, 6.07) is 3.11. The Kier molecular flexibility index (Phi) is 2.23. The molecule has 0 spiro atoms. The van der Waals surface area contributed by atoms with E-state index >= 15 is 0 Å². The number of halogens is 2. The summed E-state index contributed by atoms with van der Waals surface area (Å²) in [5, 5.41) is 1.19. The summed E-state index contributed by atoms with van der Waals surface area (Å²) in [6.07, 6.45) is 1.91. The average Bonchev–Trinajstić information content (AvgIpc) is 2.48. The van der Waals surface area contributed by atoms with Crippen LogP contribution in [-0.4, -0.2) is 4.98 Å². The second kappa shape index (κ2) is 3.28. The largest absolute Gasteiger partial charge is 0.361 e. The third-order valence-corrected chi connectivity index (χ3v) is 2.67. The van der Waals surface area contributed by atoms with Crippen LogP contribution >= 0.6 is 11.6 Å². The minimum Gasteiger partial charge on any atom is -0.361 e. The summed E-state index contributed by atoms with van der Waals surface area (Å²) >= 11 is 5.73. The maximum absolute atomic E-state index is 13.1. The number of rotatable bonds is 1. The summed E-state index contributed by atoms with van der Waals surface area (Å²) in [7, 11) is 0. The highest BCUT2D eigenvalue weighted by atomic mass is 35.5. The van der Waals surface area contributed by atoms with E-state index in [1.165, 1.54) is 11.6 Å². The second-order valence-corrected chi connectivity index (χ2v) is 4.12. The molecule has 0 bridgehead atoms. The molecule has 1 N–H and O–H groups in total. The van der Waals surface area contributed by atoms with Gasteiger partial charge in [-0.3, -0.25) is 0 Å². The topological polar surface area (TPSA) is 15.8 Å². The van der Waals surface area contributed by atoms with Crippen LogP contribution in [-0.2, 0) is 0 Å². The monoisotopic (exact) mass is 211 g/mol. The van der Waals surface area contributed by atoms with Gasteiger partial charge in [0.25, 0.3) is 0 Å². The van der Waals surface area contributed by atoms with Crippen LogP contribution in [0.3, 0.4) is 0 Å². The van der Waals surface area contributed by atoms with Gasteiger partial charge in [-0.15, -0.1) is 0 Å². The Hall–Kier alpha value is -1.02. The molecule has 3 heteroatoms. The molecule has 0 aliphatic carbocycles. The maximum atomic E-state index is 13.1. The van der Waals surface area contributed by atoms with E-state index in [1.807, 2.05) is 6.20 Å². The Bertz CT molecular complexity index is 473. The molecule has 0 fully saturated rings. The molecule has 1 aromatic heterocycles. The molecular weight excluding hydrogens is 201 g/mol. The van der Waals surface area contributed by atoms with Gasteiger partial charge in [0.1, 0.15) is 5.82 Å². The molecule has 1 heterocycles. The van der Waals surface area contributed by atoms with Crippen LogP contribution in [0.5, 0.6) is 0 Å². The first-order chi connectivity index (χ1) is 6.59. The van der Waals surface area contributed by atoms with Crippen LogP contribution in [0, 0.1) is 5.82 Å². The van der Waals surface area contributed by atoms with Gasteiger partial charge >= 0.3 is 0 Å². The molecular formula is C11H11ClFN. The zero-order chi connectivity index (χ0) is 10.3. The Morgan fingerprint density at radius 3 is 2.71 bits per heavy atom. The summed E-state index contributed by atoms with van der Waals surface area (Å²) in [4.78, 5) is 3.04. The third kappa shape index (κ3) is 1.40. The molecule has 74 valence electrons. The van der Waals surface area contributed by atoms with Gasteiger partial charge in [0.05, 0.1) is 5.02 Å². The minimum atomic E-state index is -0.378. The van der Waals surface area contributed by atoms with Crippen molar-refractivity contribution >= 4 is 22.5 Å². The number of hydrogen-bond donors (Lipinski definition) is 1. The normalized spacial score (nSPS) is 11.5. The van der Waals surface area contributed by atoms with Gasteiger partial charge in [-0.05, 0) is 23.6 Å². The molecule has 0 saturated carbocycles. The van der Waals surface area contributed by atoms with Crippen molar-refractivity contribution in [3.8, 4) is 0 Å². The van der Waals surface area contributed by atoms with Crippen LogP contribution in [0.4, 0.5) is 4.39 Å². The molecule has 2 aromatic rings. The Labute approximate surface area is 86.9 Å². The first kappa shape index (κ1) is 9.53. The maximum Gasteiger partial charge on any atom is 0.143 e. The van der Waals surface area contributed by atoms with E-state index in [-0.39, 0.29) is 10.8 Å². The number of nitrogens with one attached hydrogen (secondary N) is 1. The molecule has 0 unspecified atom stereocenters. The zero-order valence-electron chi connectivity index (χ0n) is 8.07. The smallest absolute Gasteiger partial charge is 0.143 e. The van der Waals surface area contributed by atoms with Crippen molar-refractivity contribution in [2.45, 2.75) is 19.8 Å². The van der Waals surface area contributed by atoms with E-state index in [0.29, 0.717) is 5.92 Å². The van der Waals surface area contributed by atoms with Gasteiger partial charge in [-0.25, -0.2) is 4.39 Å². The van der Waals surface area contributed by atoms with Crippen molar-refractivity contribution in [2.24, 2.45) is 0 Å². The van der Waals surface area contributed by atoms with Gasteiger partial charge < -0.3 is 4.98 Å². The molecule has 1 aromatic carbocycles. The van der Waals surface area contributed by atoms with E-state index in [0.717, 1.165) is 10.9 Å². The van der Waals surface area contributed by atoms with Crippen LogP contribution in [0.15, 0.2) is 18.3 Å². The lowest BCUT2D eigenvalue weighted by molar-refractivity contribution is 0.630. The summed E-state index contributed by atoms with van der Waals surface area (Å²) in [5.41, 5.74) is 1.97. The van der Waals surface area contributed by atoms with Crippen molar-refractivity contribution in [1.29, 1.82) is 0 Å². The first-order valence-corrected chi connectivity index (χ1v) is 4.93. The minimum absolute atomic E-state index is 0.180. The van der Waals surface area contributed by atoms with E-state index in [2.05, 4.69) is 18.8 Å². The van der Waals surface area contributed by atoms with Crippen molar-refractivity contribution < 1.29 is 4.39 Å². The molecule has 2 rings (SSSR count). The number of fused-ring (bicyclic) bond motifs is 1. The predicted molar refractivity (Wildman–Crippen MR) is 57.4 cm³/mol. The molecule has 0 atom stereocenters. The number of benzene rings is 1. The predicted octanol–water partition coefficient (Wildman–Crippen LogP) is 4.08. The average molecular weight is 212 g/mol. The lowest BCUT2D eigenvalue weighted by Crippen LogP contribution is -1.84. The van der Waals surface area contributed by atoms with Crippen molar-refractivity contribution in [2.75, 3.05) is 0 Å². The van der Waals surface area contributed by atoms with Gasteiger partial charge in [-0.1, -0.05) is 25.4 Å². The molecule has 1 nitrogen and oxygen atoms in total. The highest BCUT2D eigenvalue weighted by molar-refractivity contribution is 6.31. The Balaban J connectivity index is 2.74. The highest BCUT2D eigenvalue weighted by Gasteiger charge is 2.10. The lowest BCUT2D eigenvalue weighted by Gasteiger charge is -2.02. The van der Waals surface area contributed by atoms with Crippen LogP contribution in [0.2, 0.25) is 5.02 Å². The quantitative estimate of drug-likeness (QED) is 0.732. The van der Waals surface area contributed by atoms with Gasteiger partial charge in [0.2, 0.25) is 0 Å². The fourth-order valence-electron chi connectivity index (χ4n) is 1.62. The van der Waals surface area contributed by atoms with Gasteiger partial charge in [0, 0.05) is 17.1 Å². The van der Waals surface area contributed by atoms with Crippen LogP contribution < -0.4 is 0 Å². The second-order valence-electron chi connectivity index (χ2n) is 3.71. The Morgan fingerprint density at radius 2 is 2.07 bits per heavy atom. The lowest BCUT2D eigenvalue weighted by atomic mass is 10.0. The first-order valence-electron chi connectivity index (χ1n) is 4.55. The van der Waals surface area contributed by atoms with E-state index in [9.17, 15) is 4.39 Å². The summed E-state index contributed by atoms with van der Waals surface area (Å²) in [5.74, 6) is 0.0293. The fourth-order valence-corrected chi connectivity index (χ4v) is 1.78. The number of aromatic amines is 1. The van der Waals surface area contributed by atoms with E-state index in [1.54, 1.807) is 6.07 Å². The number of aromatic nitrogens is 1. The van der Waals surface area contributed by atoms with Gasteiger partial charge in [-0.2, -0.15) is 0 Å². The molecule has 0 saturated heterocycles. The molecule has 0 aliphatic heterocycles. The summed E-state index contributed by atoms with van der Waals surface area (Å²) < 4.78 is 13.1. The highest BCUT2D eigenvalue weighted by Crippen LogP contribution is 2.29. The van der Waals surface area contributed by atoms with Crippen LogP contribution in [0.25, 0.3) is 10.9 Å². The van der Waals surface area contributed by atoms with E-state index < -0.39 is 0 Å². The van der Waals surface area contributed by atoms with Gasteiger partial charge in [0.15, 0.2) is 0 Å².